The lowest BCUT2D eigenvalue weighted by atomic mass is 9.52. The summed E-state index contributed by atoms with van der Waals surface area (Å²) in [5, 5.41) is 10.7. The number of nitrogens with zero attached hydrogens (tertiary/aromatic N) is 1. The second kappa shape index (κ2) is 4.24. The Kier molecular flexibility index (Phi) is 2.69. The quantitative estimate of drug-likeness (QED) is 0.782. The Bertz CT molecular complexity index is 553. The van der Waals surface area contributed by atoms with E-state index < -0.39 is 0 Å². The van der Waals surface area contributed by atoms with Crippen LogP contribution in [0.25, 0.3) is 0 Å². The molecule has 3 atom stereocenters. The third-order valence-corrected chi connectivity index (χ3v) is 6.43. The summed E-state index contributed by atoms with van der Waals surface area (Å²) in [7, 11) is 2.29. The summed E-state index contributed by atoms with van der Waals surface area (Å²) in [5.74, 6) is 1.37. The van der Waals surface area contributed by atoms with Crippen molar-refractivity contribution in [2.24, 2.45) is 5.92 Å². The Balaban J connectivity index is 1.95. The van der Waals surface area contributed by atoms with Crippen molar-refractivity contribution >= 4 is 0 Å². The summed E-state index contributed by atoms with van der Waals surface area (Å²) >= 11 is 0. The number of benzene rings is 1. The van der Waals surface area contributed by atoms with Crippen LogP contribution in [0.4, 0.5) is 0 Å². The highest BCUT2D eigenvalue weighted by Crippen LogP contribution is 2.57. The summed E-state index contributed by atoms with van der Waals surface area (Å²) in [4.78, 5) is 2.58. The van der Waals surface area contributed by atoms with Gasteiger partial charge in [-0.1, -0.05) is 25.0 Å². The zero-order valence-corrected chi connectivity index (χ0v) is 12.7. The van der Waals surface area contributed by atoms with Crippen molar-refractivity contribution in [3.05, 3.63) is 28.8 Å². The maximum absolute atomic E-state index is 10.7. The van der Waals surface area contributed by atoms with Gasteiger partial charge >= 0.3 is 0 Å². The monoisotopic (exact) mass is 271 g/mol. The van der Waals surface area contributed by atoms with Crippen molar-refractivity contribution in [1.82, 2.24) is 4.90 Å². The maximum atomic E-state index is 10.7. The smallest absolute Gasteiger partial charge is 0.122 e. The third-order valence-electron chi connectivity index (χ3n) is 6.43. The molecule has 2 heteroatoms. The summed E-state index contributed by atoms with van der Waals surface area (Å²) in [6.07, 6.45) is 7.70. The molecule has 0 aromatic heterocycles. The molecule has 2 nitrogen and oxygen atoms in total. The van der Waals surface area contributed by atoms with Crippen LogP contribution in [0.1, 0.15) is 48.8 Å². The van der Waals surface area contributed by atoms with E-state index in [1.54, 1.807) is 0 Å². The molecule has 3 aliphatic rings. The van der Waals surface area contributed by atoms with Crippen LogP contribution in [0.2, 0.25) is 0 Å². The molecule has 1 heterocycles. The van der Waals surface area contributed by atoms with Crippen molar-refractivity contribution in [2.45, 2.75) is 56.9 Å². The number of aryl methyl sites for hydroxylation is 1. The summed E-state index contributed by atoms with van der Waals surface area (Å²) < 4.78 is 0. The normalized spacial score (nSPS) is 36.3. The Morgan fingerprint density at radius 1 is 1.25 bits per heavy atom. The molecule has 0 amide bonds. The van der Waals surface area contributed by atoms with Gasteiger partial charge in [0.15, 0.2) is 0 Å². The van der Waals surface area contributed by atoms with Crippen LogP contribution in [0.3, 0.4) is 0 Å². The second-order valence-corrected chi connectivity index (χ2v) is 7.28. The van der Waals surface area contributed by atoms with Gasteiger partial charge in [0.2, 0.25) is 0 Å². The number of phenolic OH excluding ortho intramolecular Hbond substituents is 1. The molecule has 0 radical (unpaired) electrons. The van der Waals surface area contributed by atoms with E-state index in [-0.39, 0.29) is 5.41 Å². The predicted molar refractivity (Wildman–Crippen MR) is 81.2 cm³/mol. The minimum atomic E-state index is 0.277. The molecule has 1 saturated heterocycles. The molecule has 2 fully saturated rings. The molecular weight excluding hydrogens is 246 g/mol. The standard InChI is InChI=1S/C18H25NO/c1-12-6-7-13-11-15-14-5-3-4-8-18(14,9-10-19(15)2)16(13)17(12)20/h6-7,14-15,20H,3-5,8-11H2,1-2H3/t14?,15-,18-/m1/s1. The highest BCUT2D eigenvalue weighted by Gasteiger charge is 2.54. The number of likely N-dealkylation sites (N-methyl/N-ethyl adjacent to an activating group) is 1. The van der Waals surface area contributed by atoms with Gasteiger partial charge < -0.3 is 10.0 Å². The zero-order chi connectivity index (χ0) is 13.9. The molecule has 20 heavy (non-hydrogen) atoms. The largest absolute Gasteiger partial charge is 0.507 e. The van der Waals surface area contributed by atoms with E-state index in [1.807, 2.05) is 6.92 Å². The first kappa shape index (κ1) is 12.7. The number of fused-ring (bicyclic) bond motifs is 1. The first-order valence-corrected chi connectivity index (χ1v) is 8.16. The Labute approximate surface area is 121 Å². The molecule has 1 aromatic carbocycles. The van der Waals surface area contributed by atoms with Crippen LogP contribution in [0, 0.1) is 12.8 Å². The first-order chi connectivity index (χ1) is 9.63. The van der Waals surface area contributed by atoms with Crippen molar-refractivity contribution in [3.8, 4) is 5.75 Å². The predicted octanol–water partition coefficient (Wildman–Crippen LogP) is 3.39. The molecule has 4 rings (SSSR count). The van der Waals surface area contributed by atoms with Gasteiger partial charge in [-0.2, -0.15) is 0 Å². The summed E-state index contributed by atoms with van der Waals surface area (Å²) in [6, 6.07) is 5.07. The van der Waals surface area contributed by atoms with E-state index in [0.29, 0.717) is 11.8 Å². The van der Waals surface area contributed by atoms with Crippen LogP contribution in [0.5, 0.6) is 5.75 Å². The Morgan fingerprint density at radius 2 is 2.10 bits per heavy atom. The van der Waals surface area contributed by atoms with Crippen LogP contribution in [0.15, 0.2) is 12.1 Å². The van der Waals surface area contributed by atoms with E-state index in [2.05, 4.69) is 24.1 Å². The molecule has 2 bridgehead atoms. The average Bonchev–Trinajstić information content (AvgIpc) is 2.46. The lowest BCUT2D eigenvalue weighted by Crippen LogP contribution is -2.59. The summed E-state index contributed by atoms with van der Waals surface area (Å²) in [5.41, 5.74) is 4.09. The highest BCUT2D eigenvalue weighted by atomic mass is 16.3. The first-order valence-electron chi connectivity index (χ1n) is 8.16. The van der Waals surface area contributed by atoms with Crippen molar-refractivity contribution in [2.75, 3.05) is 13.6 Å². The highest BCUT2D eigenvalue weighted by molar-refractivity contribution is 5.53. The van der Waals surface area contributed by atoms with Gasteiger partial charge in [-0.3, -0.25) is 0 Å². The van der Waals surface area contributed by atoms with Gasteiger partial charge in [0.1, 0.15) is 5.75 Å². The minimum Gasteiger partial charge on any atom is -0.507 e. The number of hydrogen-bond donors (Lipinski definition) is 1. The van der Waals surface area contributed by atoms with E-state index in [9.17, 15) is 5.11 Å². The number of likely N-dealkylation sites (tertiary alicyclic amines) is 1. The van der Waals surface area contributed by atoms with E-state index in [1.165, 1.54) is 49.8 Å². The van der Waals surface area contributed by atoms with Crippen LogP contribution >= 0.6 is 0 Å². The molecule has 1 unspecified atom stereocenters. The van der Waals surface area contributed by atoms with Gasteiger partial charge in [0.25, 0.3) is 0 Å². The molecule has 1 saturated carbocycles. The lowest BCUT2D eigenvalue weighted by Gasteiger charge is -2.58. The number of phenols is 1. The molecule has 108 valence electrons. The average molecular weight is 271 g/mol. The zero-order valence-electron chi connectivity index (χ0n) is 12.7. The van der Waals surface area contributed by atoms with Crippen LogP contribution in [-0.4, -0.2) is 29.6 Å². The number of piperidine rings is 1. The molecule has 1 aromatic rings. The molecule has 2 aliphatic carbocycles. The lowest BCUT2D eigenvalue weighted by molar-refractivity contribution is 0.00146. The molecular formula is C18H25NO. The fraction of sp³-hybridized carbons (Fsp3) is 0.667. The number of rotatable bonds is 0. The maximum Gasteiger partial charge on any atom is 0.122 e. The number of aromatic hydroxyl groups is 1. The third kappa shape index (κ3) is 1.49. The Hall–Kier alpha value is -1.02. The van der Waals surface area contributed by atoms with E-state index in [4.69, 9.17) is 0 Å². The fourth-order valence-electron chi connectivity index (χ4n) is 5.41. The van der Waals surface area contributed by atoms with Crippen molar-refractivity contribution in [1.29, 1.82) is 0 Å². The van der Waals surface area contributed by atoms with Crippen molar-refractivity contribution < 1.29 is 5.11 Å². The number of hydrogen-bond acceptors (Lipinski definition) is 2. The minimum absolute atomic E-state index is 0.277. The molecule has 0 spiro atoms. The topological polar surface area (TPSA) is 23.5 Å². The van der Waals surface area contributed by atoms with Gasteiger partial charge in [0, 0.05) is 17.0 Å². The molecule has 1 aliphatic heterocycles. The van der Waals surface area contributed by atoms with E-state index in [0.717, 1.165) is 17.9 Å². The van der Waals surface area contributed by atoms with E-state index >= 15 is 0 Å². The van der Waals surface area contributed by atoms with Gasteiger partial charge in [0.05, 0.1) is 0 Å². The van der Waals surface area contributed by atoms with Crippen LogP contribution in [-0.2, 0) is 11.8 Å². The van der Waals surface area contributed by atoms with Crippen LogP contribution < -0.4 is 0 Å². The second-order valence-electron chi connectivity index (χ2n) is 7.28. The van der Waals surface area contributed by atoms with Gasteiger partial charge in [-0.05, 0) is 63.2 Å². The van der Waals surface area contributed by atoms with Gasteiger partial charge in [-0.15, -0.1) is 0 Å². The Morgan fingerprint density at radius 3 is 2.95 bits per heavy atom. The fourth-order valence-corrected chi connectivity index (χ4v) is 5.41. The molecule has 1 N–H and O–H groups in total. The van der Waals surface area contributed by atoms with Gasteiger partial charge in [-0.25, -0.2) is 0 Å². The summed E-state index contributed by atoms with van der Waals surface area (Å²) in [6.45, 7) is 3.24. The SMILES string of the molecule is Cc1ccc2c(c1O)[C@@]13CCCCC1[C@@H](C2)N(C)CC3. The van der Waals surface area contributed by atoms with Crippen molar-refractivity contribution in [3.63, 3.8) is 0 Å².